The van der Waals surface area contributed by atoms with Gasteiger partial charge >= 0.3 is 0 Å². The number of aliphatic hydroxyl groups excluding tert-OH is 1. The minimum Gasteiger partial charge on any atom is -0.389 e. The monoisotopic (exact) mass is 256 g/mol. The molecule has 1 unspecified atom stereocenters. The Labute approximate surface area is 111 Å². The second-order valence-electron chi connectivity index (χ2n) is 4.95. The van der Waals surface area contributed by atoms with Crippen LogP contribution in [-0.4, -0.2) is 30.7 Å². The molecule has 106 valence electrons. The zero-order valence-corrected chi connectivity index (χ0v) is 11.6. The predicted octanol–water partition coefficient (Wildman–Crippen LogP) is 3.42. The average Bonchev–Trinajstić information content (AvgIpc) is 2.41. The summed E-state index contributed by atoms with van der Waals surface area (Å²) in [7, 11) is 0. The highest BCUT2D eigenvalue weighted by Crippen LogP contribution is 2.14. The van der Waals surface area contributed by atoms with Gasteiger partial charge in [-0.25, -0.2) is 0 Å². The maximum atomic E-state index is 9.71. The van der Waals surface area contributed by atoms with Gasteiger partial charge in [0, 0.05) is 13.2 Å². The van der Waals surface area contributed by atoms with E-state index in [1.807, 2.05) is 6.08 Å². The molecule has 18 heavy (non-hydrogen) atoms. The van der Waals surface area contributed by atoms with Gasteiger partial charge in [0.15, 0.2) is 6.29 Å². The molecule has 1 saturated heterocycles. The van der Waals surface area contributed by atoms with Crippen LogP contribution in [0.2, 0.25) is 0 Å². The number of aliphatic hydroxyl groups is 1. The second kappa shape index (κ2) is 10.5. The van der Waals surface area contributed by atoms with E-state index < -0.39 is 0 Å². The largest absolute Gasteiger partial charge is 0.389 e. The molecule has 0 spiro atoms. The second-order valence-corrected chi connectivity index (χ2v) is 4.95. The van der Waals surface area contributed by atoms with Gasteiger partial charge in [-0.05, 0) is 38.5 Å². The minimum absolute atomic E-state index is 0.00371. The van der Waals surface area contributed by atoms with E-state index in [9.17, 15) is 5.11 Å². The Balaban J connectivity index is 1.94. The quantitative estimate of drug-likeness (QED) is 0.507. The first-order valence-electron chi connectivity index (χ1n) is 7.41. The van der Waals surface area contributed by atoms with Crippen LogP contribution in [0.25, 0.3) is 0 Å². The van der Waals surface area contributed by atoms with E-state index in [0.29, 0.717) is 6.61 Å². The van der Waals surface area contributed by atoms with E-state index in [1.165, 1.54) is 19.3 Å². The molecule has 2 atom stereocenters. The van der Waals surface area contributed by atoms with Crippen molar-refractivity contribution in [1.29, 1.82) is 0 Å². The van der Waals surface area contributed by atoms with Crippen LogP contribution < -0.4 is 0 Å². The molecule has 0 saturated carbocycles. The van der Waals surface area contributed by atoms with Crippen LogP contribution in [0.5, 0.6) is 0 Å². The number of allylic oxidation sites excluding steroid dienone is 1. The number of hydrogen-bond acceptors (Lipinski definition) is 3. The highest BCUT2D eigenvalue weighted by atomic mass is 16.7. The van der Waals surface area contributed by atoms with Crippen LogP contribution in [0, 0.1) is 0 Å². The van der Waals surface area contributed by atoms with Crippen molar-refractivity contribution in [2.45, 2.75) is 70.7 Å². The van der Waals surface area contributed by atoms with Crippen LogP contribution in [0.3, 0.4) is 0 Å². The summed E-state index contributed by atoms with van der Waals surface area (Å²) in [6.07, 6.45) is 12.2. The molecule has 0 amide bonds. The van der Waals surface area contributed by atoms with E-state index in [4.69, 9.17) is 9.47 Å². The van der Waals surface area contributed by atoms with Gasteiger partial charge in [-0.1, -0.05) is 31.9 Å². The summed E-state index contributed by atoms with van der Waals surface area (Å²) in [6.45, 7) is 3.69. The molecule has 0 aliphatic carbocycles. The SMILES string of the molecule is CCCC/C=C/[C@H](O)CCCOC1CCCCO1. The third-order valence-electron chi connectivity index (χ3n) is 3.17. The molecular weight excluding hydrogens is 228 g/mol. The van der Waals surface area contributed by atoms with Crippen molar-refractivity contribution < 1.29 is 14.6 Å². The first kappa shape index (κ1) is 15.7. The highest BCUT2D eigenvalue weighted by molar-refractivity contribution is 4.88. The number of ether oxygens (including phenoxy) is 2. The molecule has 0 radical (unpaired) electrons. The lowest BCUT2D eigenvalue weighted by molar-refractivity contribution is -0.163. The van der Waals surface area contributed by atoms with Crippen LogP contribution in [0.1, 0.15) is 58.3 Å². The predicted molar refractivity (Wildman–Crippen MR) is 73.4 cm³/mol. The van der Waals surface area contributed by atoms with Gasteiger partial charge in [0.2, 0.25) is 0 Å². The van der Waals surface area contributed by atoms with E-state index in [0.717, 1.165) is 38.7 Å². The lowest BCUT2D eigenvalue weighted by atomic mass is 10.1. The molecule has 1 rings (SSSR count). The Kier molecular flexibility index (Phi) is 9.17. The molecule has 1 aliphatic heterocycles. The molecule has 0 aromatic carbocycles. The lowest BCUT2D eigenvalue weighted by Gasteiger charge is -2.22. The summed E-state index contributed by atoms with van der Waals surface area (Å²) in [4.78, 5) is 0. The molecular formula is C15H28O3. The average molecular weight is 256 g/mol. The molecule has 3 nitrogen and oxygen atoms in total. The standard InChI is InChI=1S/C15H28O3/c1-2-3-4-5-9-14(16)10-8-13-18-15-11-6-7-12-17-15/h5,9,14-16H,2-4,6-8,10-13H2,1H3/b9-5+/t14-,15?/m0/s1. The summed E-state index contributed by atoms with van der Waals surface area (Å²) >= 11 is 0. The maximum Gasteiger partial charge on any atom is 0.157 e. The van der Waals surface area contributed by atoms with Gasteiger partial charge in [0.05, 0.1) is 6.10 Å². The normalized spacial score (nSPS) is 22.4. The maximum absolute atomic E-state index is 9.71. The third kappa shape index (κ3) is 7.85. The van der Waals surface area contributed by atoms with Crippen LogP contribution in [-0.2, 0) is 9.47 Å². The number of rotatable bonds is 9. The fourth-order valence-corrected chi connectivity index (χ4v) is 2.02. The van der Waals surface area contributed by atoms with Crippen LogP contribution >= 0.6 is 0 Å². The molecule has 1 fully saturated rings. The fourth-order valence-electron chi connectivity index (χ4n) is 2.02. The van der Waals surface area contributed by atoms with Gasteiger partial charge in [0.25, 0.3) is 0 Å². The molecule has 0 aromatic heterocycles. The summed E-state index contributed by atoms with van der Waals surface area (Å²) in [6, 6.07) is 0. The van der Waals surface area contributed by atoms with Crippen molar-refractivity contribution in [3.63, 3.8) is 0 Å². The van der Waals surface area contributed by atoms with E-state index in [-0.39, 0.29) is 12.4 Å². The topological polar surface area (TPSA) is 38.7 Å². The van der Waals surface area contributed by atoms with Gasteiger partial charge < -0.3 is 14.6 Å². The van der Waals surface area contributed by atoms with Gasteiger partial charge in [-0.3, -0.25) is 0 Å². The van der Waals surface area contributed by atoms with Crippen molar-refractivity contribution >= 4 is 0 Å². The molecule has 3 heteroatoms. The Hall–Kier alpha value is -0.380. The van der Waals surface area contributed by atoms with Gasteiger partial charge in [-0.2, -0.15) is 0 Å². The number of unbranched alkanes of at least 4 members (excludes halogenated alkanes) is 2. The first-order valence-corrected chi connectivity index (χ1v) is 7.41. The number of hydrogen-bond donors (Lipinski definition) is 1. The van der Waals surface area contributed by atoms with Crippen LogP contribution in [0.4, 0.5) is 0 Å². The molecule has 0 aromatic rings. The van der Waals surface area contributed by atoms with Crippen molar-refractivity contribution in [2.75, 3.05) is 13.2 Å². The smallest absolute Gasteiger partial charge is 0.157 e. The van der Waals surface area contributed by atoms with E-state index >= 15 is 0 Å². The first-order chi connectivity index (χ1) is 8.83. The van der Waals surface area contributed by atoms with Crippen LogP contribution in [0.15, 0.2) is 12.2 Å². The lowest BCUT2D eigenvalue weighted by Crippen LogP contribution is -2.22. The Morgan fingerprint density at radius 1 is 1.39 bits per heavy atom. The zero-order chi connectivity index (χ0) is 13.1. The van der Waals surface area contributed by atoms with Crippen molar-refractivity contribution in [3.8, 4) is 0 Å². The highest BCUT2D eigenvalue weighted by Gasteiger charge is 2.13. The Morgan fingerprint density at radius 2 is 2.28 bits per heavy atom. The molecule has 1 N–H and O–H groups in total. The minimum atomic E-state index is -0.322. The molecule has 0 bridgehead atoms. The van der Waals surface area contributed by atoms with E-state index in [2.05, 4.69) is 13.0 Å². The summed E-state index contributed by atoms with van der Waals surface area (Å²) in [5.41, 5.74) is 0. The van der Waals surface area contributed by atoms with Crippen molar-refractivity contribution in [3.05, 3.63) is 12.2 Å². The van der Waals surface area contributed by atoms with Crippen molar-refractivity contribution in [1.82, 2.24) is 0 Å². The third-order valence-corrected chi connectivity index (χ3v) is 3.17. The zero-order valence-electron chi connectivity index (χ0n) is 11.6. The van der Waals surface area contributed by atoms with Gasteiger partial charge in [0.1, 0.15) is 0 Å². The summed E-state index contributed by atoms with van der Waals surface area (Å²) in [5.74, 6) is 0. The van der Waals surface area contributed by atoms with E-state index in [1.54, 1.807) is 0 Å². The molecule has 1 aliphatic rings. The Morgan fingerprint density at radius 3 is 3.00 bits per heavy atom. The summed E-state index contributed by atoms with van der Waals surface area (Å²) in [5, 5.41) is 9.71. The summed E-state index contributed by atoms with van der Waals surface area (Å²) < 4.78 is 11.1. The fraction of sp³-hybridized carbons (Fsp3) is 0.867. The Bertz CT molecular complexity index is 210. The van der Waals surface area contributed by atoms with Gasteiger partial charge in [-0.15, -0.1) is 0 Å². The van der Waals surface area contributed by atoms with Crippen molar-refractivity contribution in [2.24, 2.45) is 0 Å². The molecule has 1 heterocycles.